The summed E-state index contributed by atoms with van der Waals surface area (Å²) in [6.45, 7) is 12.9. The summed E-state index contributed by atoms with van der Waals surface area (Å²) in [5.74, 6) is 1.74. The number of hydrogen-bond acceptors (Lipinski definition) is 4. The Bertz CT molecular complexity index is 373. The monoisotopic (exact) mass is 251 g/mol. The molecule has 0 radical (unpaired) electrons. The first-order valence-corrected chi connectivity index (χ1v) is 6.96. The van der Waals surface area contributed by atoms with E-state index in [-0.39, 0.29) is 0 Å². The minimum absolute atomic E-state index is 0.554. The minimum Gasteiger partial charge on any atom is -0.311 e. The van der Waals surface area contributed by atoms with Gasteiger partial charge in [0.05, 0.1) is 6.54 Å². The van der Waals surface area contributed by atoms with Crippen LogP contribution in [0.2, 0.25) is 0 Å². The molecular weight excluding hydrogens is 226 g/mol. The second-order valence-electron chi connectivity index (χ2n) is 5.54. The lowest BCUT2D eigenvalue weighted by molar-refractivity contribution is 0.0914. The summed E-state index contributed by atoms with van der Waals surface area (Å²) in [6.07, 6.45) is 1.66. The molecule has 102 valence electrons. The Morgan fingerprint density at radius 2 is 2.28 bits per heavy atom. The summed E-state index contributed by atoms with van der Waals surface area (Å²) >= 11 is 0. The third kappa shape index (κ3) is 2.90. The third-order valence-electron chi connectivity index (χ3n) is 3.76. The smallest absolute Gasteiger partial charge is 0.141 e. The van der Waals surface area contributed by atoms with E-state index in [4.69, 9.17) is 0 Å². The van der Waals surface area contributed by atoms with E-state index in [1.165, 1.54) is 0 Å². The maximum absolute atomic E-state index is 4.39. The van der Waals surface area contributed by atoms with Crippen molar-refractivity contribution in [1.29, 1.82) is 0 Å². The van der Waals surface area contributed by atoms with Crippen LogP contribution >= 0.6 is 0 Å². The highest BCUT2D eigenvalue weighted by molar-refractivity contribution is 4.91. The second kappa shape index (κ2) is 5.80. The average molecular weight is 251 g/mol. The van der Waals surface area contributed by atoms with Crippen molar-refractivity contribution in [3.63, 3.8) is 0 Å². The Morgan fingerprint density at radius 1 is 1.50 bits per heavy atom. The van der Waals surface area contributed by atoms with Crippen molar-refractivity contribution >= 4 is 0 Å². The van der Waals surface area contributed by atoms with Crippen LogP contribution < -0.4 is 5.32 Å². The molecule has 1 saturated heterocycles. The molecule has 1 aromatic heterocycles. The molecule has 1 fully saturated rings. The summed E-state index contributed by atoms with van der Waals surface area (Å²) in [5.41, 5.74) is 0. The van der Waals surface area contributed by atoms with E-state index in [0.29, 0.717) is 18.0 Å². The van der Waals surface area contributed by atoms with E-state index < -0.39 is 0 Å². The third-order valence-corrected chi connectivity index (χ3v) is 3.76. The van der Waals surface area contributed by atoms with Gasteiger partial charge in [0.2, 0.25) is 0 Å². The lowest BCUT2D eigenvalue weighted by Crippen LogP contribution is -2.57. The zero-order chi connectivity index (χ0) is 13.1. The van der Waals surface area contributed by atoms with Crippen LogP contribution in [0.1, 0.15) is 33.5 Å². The normalized spacial score (nSPS) is 25.8. The van der Waals surface area contributed by atoms with Crippen molar-refractivity contribution in [3.05, 3.63) is 12.2 Å². The van der Waals surface area contributed by atoms with Crippen molar-refractivity contribution in [2.24, 2.45) is 5.92 Å². The quantitative estimate of drug-likeness (QED) is 0.871. The second-order valence-corrected chi connectivity index (χ2v) is 5.54. The Balaban J connectivity index is 2.09. The molecule has 18 heavy (non-hydrogen) atoms. The van der Waals surface area contributed by atoms with Crippen LogP contribution in [-0.2, 0) is 13.1 Å². The number of aryl methyl sites for hydroxylation is 1. The fourth-order valence-corrected chi connectivity index (χ4v) is 2.70. The molecule has 2 unspecified atom stereocenters. The van der Waals surface area contributed by atoms with Gasteiger partial charge < -0.3 is 5.32 Å². The van der Waals surface area contributed by atoms with E-state index in [0.717, 1.165) is 32.0 Å². The van der Waals surface area contributed by atoms with Crippen LogP contribution in [0.4, 0.5) is 0 Å². The molecule has 2 rings (SSSR count). The lowest BCUT2D eigenvalue weighted by Gasteiger charge is -2.41. The highest BCUT2D eigenvalue weighted by Crippen LogP contribution is 2.17. The van der Waals surface area contributed by atoms with Gasteiger partial charge in [0.25, 0.3) is 0 Å². The molecule has 0 saturated carbocycles. The number of aromatic nitrogens is 3. The van der Waals surface area contributed by atoms with Gasteiger partial charge >= 0.3 is 0 Å². The maximum atomic E-state index is 4.39. The molecule has 0 spiro atoms. The van der Waals surface area contributed by atoms with Crippen LogP contribution in [0.15, 0.2) is 6.33 Å². The van der Waals surface area contributed by atoms with Crippen molar-refractivity contribution in [1.82, 2.24) is 25.0 Å². The molecule has 2 atom stereocenters. The molecule has 0 amide bonds. The van der Waals surface area contributed by atoms with Crippen LogP contribution in [0.25, 0.3) is 0 Å². The Hall–Kier alpha value is -0.940. The first kappa shape index (κ1) is 13.5. The van der Waals surface area contributed by atoms with E-state index in [1.807, 2.05) is 4.68 Å². The molecule has 0 aliphatic carbocycles. The standard InChI is InChI=1S/C13H25N5/c1-5-18-13(15-9-16-18)8-17-7-11(4)14-6-12(17)10(2)3/h9-12,14H,5-8H2,1-4H3. The number of hydrogen-bond donors (Lipinski definition) is 1. The summed E-state index contributed by atoms with van der Waals surface area (Å²) in [7, 11) is 0. The van der Waals surface area contributed by atoms with Gasteiger partial charge in [-0.15, -0.1) is 0 Å². The fourth-order valence-electron chi connectivity index (χ4n) is 2.70. The molecule has 1 aliphatic heterocycles. The predicted octanol–water partition coefficient (Wildman–Crippen LogP) is 1.12. The number of piperazine rings is 1. The highest BCUT2D eigenvalue weighted by atomic mass is 15.4. The molecule has 1 aromatic rings. The van der Waals surface area contributed by atoms with Crippen LogP contribution in [0, 0.1) is 5.92 Å². The number of nitrogens with one attached hydrogen (secondary N) is 1. The summed E-state index contributed by atoms with van der Waals surface area (Å²) < 4.78 is 1.99. The first-order valence-electron chi connectivity index (χ1n) is 6.96. The number of rotatable bonds is 4. The fraction of sp³-hybridized carbons (Fsp3) is 0.846. The summed E-state index contributed by atoms with van der Waals surface area (Å²) in [6, 6.07) is 1.14. The molecule has 0 bridgehead atoms. The molecule has 5 nitrogen and oxygen atoms in total. The lowest BCUT2D eigenvalue weighted by atomic mass is 9.99. The Kier molecular flexibility index (Phi) is 4.35. The van der Waals surface area contributed by atoms with E-state index in [1.54, 1.807) is 6.33 Å². The Morgan fingerprint density at radius 3 is 2.94 bits per heavy atom. The van der Waals surface area contributed by atoms with Gasteiger partial charge in [-0.05, 0) is 19.8 Å². The molecule has 1 aliphatic rings. The van der Waals surface area contributed by atoms with Crippen LogP contribution in [0.3, 0.4) is 0 Å². The first-order chi connectivity index (χ1) is 8.61. The van der Waals surface area contributed by atoms with Crippen molar-refractivity contribution in [2.75, 3.05) is 13.1 Å². The van der Waals surface area contributed by atoms with E-state index in [2.05, 4.69) is 48.0 Å². The summed E-state index contributed by atoms with van der Waals surface area (Å²) in [4.78, 5) is 6.93. The van der Waals surface area contributed by atoms with Crippen molar-refractivity contribution in [3.8, 4) is 0 Å². The van der Waals surface area contributed by atoms with Crippen molar-refractivity contribution in [2.45, 2.75) is 52.9 Å². The van der Waals surface area contributed by atoms with E-state index >= 15 is 0 Å². The zero-order valence-corrected chi connectivity index (χ0v) is 11.9. The highest BCUT2D eigenvalue weighted by Gasteiger charge is 2.28. The zero-order valence-electron chi connectivity index (χ0n) is 11.9. The van der Waals surface area contributed by atoms with Gasteiger partial charge in [0, 0.05) is 31.7 Å². The predicted molar refractivity (Wildman–Crippen MR) is 72.2 cm³/mol. The van der Waals surface area contributed by atoms with Crippen LogP contribution in [0.5, 0.6) is 0 Å². The molecule has 0 aromatic carbocycles. The largest absolute Gasteiger partial charge is 0.311 e. The molecule has 5 heteroatoms. The SMILES string of the molecule is CCn1ncnc1CN1CC(C)NCC1C(C)C. The van der Waals surface area contributed by atoms with Gasteiger partial charge in [-0.25, -0.2) is 9.67 Å². The van der Waals surface area contributed by atoms with Gasteiger partial charge in [-0.2, -0.15) is 5.10 Å². The average Bonchev–Trinajstić information content (AvgIpc) is 2.76. The summed E-state index contributed by atoms with van der Waals surface area (Å²) in [5, 5.41) is 7.82. The van der Waals surface area contributed by atoms with Crippen molar-refractivity contribution < 1.29 is 0 Å². The number of nitrogens with zero attached hydrogens (tertiary/aromatic N) is 4. The topological polar surface area (TPSA) is 46.0 Å². The van der Waals surface area contributed by atoms with Gasteiger partial charge in [-0.1, -0.05) is 13.8 Å². The molecular formula is C13H25N5. The molecule has 2 heterocycles. The minimum atomic E-state index is 0.554. The van der Waals surface area contributed by atoms with Gasteiger partial charge in [0.1, 0.15) is 12.2 Å². The molecule has 1 N–H and O–H groups in total. The Labute approximate surface area is 110 Å². The van der Waals surface area contributed by atoms with E-state index in [9.17, 15) is 0 Å². The van der Waals surface area contributed by atoms with Gasteiger partial charge in [-0.3, -0.25) is 4.90 Å². The maximum Gasteiger partial charge on any atom is 0.141 e. The van der Waals surface area contributed by atoms with Crippen LogP contribution in [-0.4, -0.2) is 44.8 Å². The van der Waals surface area contributed by atoms with Gasteiger partial charge in [0.15, 0.2) is 0 Å².